The summed E-state index contributed by atoms with van der Waals surface area (Å²) in [5.74, 6) is -0.594. The van der Waals surface area contributed by atoms with Crippen molar-refractivity contribution in [3.63, 3.8) is 0 Å². The van der Waals surface area contributed by atoms with Gasteiger partial charge in [0.15, 0.2) is 0 Å². The Morgan fingerprint density at radius 3 is 1.55 bits per heavy atom. The standard InChI is InChI=1S/C39H76NO12P/c1-3-5-7-9-11-13-15-17-18-20-22-24-26-30(41)28-33(43)40-31(32(42)27-25-23-21-19-16-14-12-10-8-6-4-2)29-51-53(49,50)52-39-37(47)35(45)34(44)36(46)38(39)48/h25,27,30-32,34-39,41-42,44-48H,3-24,26,28-29H2,1-2H3,(H,40,43)(H,49,50)/b27-25+. The maximum absolute atomic E-state index is 12.9. The highest BCUT2D eigenvalue weighted by atomic mass is 31.2. The van der Waals surface area contributed by atoms with Crippen molar-refractivity contribution in [3.05, 3.63) is 12.2 Å². The zero-order valence-electron chi connectivity index (χ0n) is 32.7. The first-order valence-corrected chi connectivity index (χ1v) is 22.2. The topological polar surface area (TPSA) is 226 Å². The molecule has 0 bridgehead atoms. The Balaban J connectivity index is 2.62. The number of aliphatic hydroxyl groups is 7. The molecule has 0 aliphatic heterocycles. The van der Waals surface area contributed by atoms with Crippen LogP contribution in [0.25, 0.3) is 0 Å². The Morgan fingerprint density at radius 2 is 1.08 bits per heavy atom. The molecule has 0 aromatic carbocycles. The highest BCUT2D eigenvalue weighted by Crippen LogP contribution is 2.47. The molecule has 53 heavy (non-hydrogen) atoms. The molecule has 1 rings (SSSR count). The van der Waals surface area contributed by atoms with E-state index in [2.05, 4.69) is 19.2 Å². The first-order chi connectivity index (χ1) is 25.3. The molecule has 314 valence electrons. The van der Waals surface area contributed by atoms with E-state index in [1.54, 1.807) is 6.08 Å². The molecule has 13 nitrogen and oxygen atoms in total. The predicted molar refractivity (Wildman–Crippen MR) is 206 cm³/mol. The van der Waals surface area contributed by atoms with Crippen molar-refractivity contribution in [2.45, 2.75) is 223 Å². The lowest BCUT2D eigenvalue weighted by Crippen LogP contribution is -2.64. The van der Waals surface area contributed by atoms with Gasteiger partial charge in [0.05, 0.1) is 31.3 Å². The van der Waals surface area contributed by atoms with Gasteiger partial charge in [-0.1, -0.05) is 154 Å². The summed E-state index contributed by atoms with van der Waals surface area (Å²) in [6.45, 7) is 3.69. The molecule has 14 heteroatoms. The molecule has 8 atom stereocenters. The molecule has 1 fully saturated rings. The smallest absolute Gasteiger partial charge is 0.393 e. The lowest BCUT2D eigenvalue weighted by Gasteiger charge is -2.41. The highest BCUT2D eigenvalue weighted by Gasteiger charge is 2.51. The van der Waals surface area contributed by atoms with Gasteiger partial charge < -0.3 is 46.0 Å². The quantitative estimate of drug-likeness (QED) is 0.0230. The van der Waals surface area contributed by atoms with Crippen molar-refractivity contribution >= 4 is 13.7 Å². The fraction of sp³-hybridized carbons (Fsp3) is 0.923. The van der Waals surface area contributed by atoms with E-state index in [1.807, 2.05) is 0 Å². The number of nitrogens with one attached hydrogen (secondary N) is 1. The Bertz CT molecular complexity index is 974. The van der Waals surface area contributed by atoms with Crippen molar-refractivity contribution in [3.8, 4) is 0 Å². The Hall–Kier alpha value is -0.960. The minimum Gasteiger partial charge on any atom is -0.393 e. The minimum atomic E-state index is -5.13. The summed E-state index contributed by atoms with van der Waals surface area (Å²) in [6, 6.07) is -1.23. The fourth-order valence-corrected chi connectivity index (χ4v) is 7.62. The number of allylic oxidation sites excluding steroid dienone is 1. The van der Waals surface area contributed by atoms with Gasteiger partial charge in [0, 0.05) is 0 Å². The minimum absolute atomic E-state index is 0.241. The summed E-state index contributed by atoms with van der Waals surface area (Å²) in [5, 5.41) is 74.1. The van der Waals surface area contributed by atoms with Crippen molar-refractivity contribution in [2.24, 2.45) is 0 Å². The zero-order valence-corrected chi connectivity index (χ0v) is 33.6. The van der Waals surface area contributed by atoms with Gasteiger partial charge in [-0.15, -0.1) is 0 Å². The fourth-order valence-electron chi connectivity index (χ4n) is 6.65. The molecule has 1 saturated carbocycles. The molecule has 1 aliphatic rings. The summed E-state index contributed by atoms with van der Waals surface area (Å²) >= 11 is 0. The third-order valence-electron chi connectivity index (χ3n) is 10.1. The van der Waals surface area contributed by atoms with Crippen LogP contribution in [0.4, 0.5) is 0 Å². The van der Waals surface area contributed by atoms with Crippen LogP contribution in [0.15, 0.2) is 12.2 Å². The van der Waals surface area contributed by atoms with Crippen LogP contribution >= 0.6 is 7.82 Å². The van der Waals surface area contributed by atoms with Crippen LogP contribution < -0.4 is 5.32 Å². The summed E-state index contributed by atoms with van der Waals surface area (Å²) in [5.41, 5.74) is 0. The van der Waals surface area contributed by atoms with Gasteiger partial charge in [0.1, 0.15) is 36.6 Å². The number of unbranched alkanes of at least 4 members (excludes halogenated alkanes) is 20. The molecule has 0 saturated heterocycles. The van der Waals surface area contributed by atoms with Crippen LogP contribution in [0.5, 0.6) is 0 Å². The number of aliphatic hydroxyl groups excluding tert-OH is 7. The third-order valence-corrected chi connectivity index (χ3v) is 11.1. The second-order valence-corrected chi connectivity index (χ2v) is 16.4. The van der Waals surface area contributed by atoms with Gasteiger partial charge in [-0.3, -0.25) is 13.8 Å². The SMILES string of the molecule is CCCCCCCCCCC/C=C/C(O)C(COP(=O)(O)OC1C(O)C(O)C(O)C(O)C1O)NC(=O)CC(O)CCCCCCCCCCCCCC. The van der Waals surface area contributed by atoms with Crippen LogP contribution in [0.2, 0.25) is 0 Å². The monoisotopic (exact) mass is 782 g/mol. The Morgan fingerprint density at radius 1 is 0.660 bits per heavy atom. The molecule has 0 aromatic heterocycles. The van der Waals surface area contributed by atoms with Crippen LogP contribution in [0.1, 0.15) is 168 Å². The molecular formula is C39H76NO12P. The third kappa shape index (κ3) is 23.0. The largest absolute Gasteiger partial charge is 0.472 e. The Kier molecular flexibility index (Phi) is 28.5. The zero-order chi connectivity index (χ0) is 39.5. The Labute approximate surface area is 319 Å². The molecule has 1 aliphatic carbocycles. The summed E-state index contributed by atoms with van der Waals surface area (Å²) in [4.78, 5) is 23.3. The van der Waals surface area contributed by atoms with E-state index in [-0.39, 0.29) is 6.42 Å². The number of hydrogen-bond donors (Lipinski definition) is 9. The average Bonchev–Trinajstić information content (AvgIpc) is 3.12. The molecule has 8 unspecified atom stereocenters. The van der Waals surface area contributed by atoms with E-state index >= 15 is 0 Å². The molecule has 0 heterocycles. The van der Waals surface area contributed by atoms with Crippen molar-refractivity contribution in [2.75, 3.05) is 6.61 Å². The first kappa shape index (κ1) is 50.1. The molecule has 0 spiro atoms. The normalized spacial score (nSPS) is 24.9. The van der Waals surface area contributed by atoms with Gasteiger partial charge in [0.2, 0.25) is 5.91 Å². The second-order valence-electron chi connectivity index (χ2n) is 15.0. The number of rotatable bonds is 33. The predicted octanol–water partition coefficient (Wildman–Crippen LogP) is 5.47. The van der Waals surface area contributed by atoms with Crippen molar-refractivity contribution in [1.82, 2.24) is 5.32 Å². The number of amides is 1. The van der Waals surface area contributed by atoms with Gasteiger partial charge >= 0.3 is 7.82 Å². The molecule has 9 N–H and O–H groups in total. The van der Waals surface area contributed by atoms with E-state index in [4.69, 9.17) is 9.05 Å². The molecule has 1 amide bonds. The summed E-state index contributed by atoms with van der Waals surface area (Å²) < 4.78 is 22.7. The van der Waals surface area contributed by atoms with Crippen molar-refractivity contribution < 1.29 is 59.0 Å². The van der Waals surface area contributed by atoms with E-state index in [0.717, 1.165) is 44.9 Å². The van der Waals surface area contributed by atoms with E-state index < -0.39 is 75.2 Å². The molecule has 0 aromatic rings. The van der Waals surface area contributed by atoms with Crippen LogP contribution in [-0.2, 0) is 18.4 Å². The van der Waals surface area contributed by atoms with Gasteiger partial charge in [-0.25, -0.2) is 4.57 Å². The van der Waals surface area contributed by atoms with E-state index in [1.165, 1.54) is 96.0 Å². The van der Waals surface area contributed by atoms with Gasteiger partial charge in [-0.05, 0) is 19.3 Å². The second kappa shape index (κ2) is 30.2. The number of phosphoric ester groups is 1. The number of carbonyl (C=O) groups excluding carboxylic acids is 1. The highest BCUT2D eigenvalue weighted by molar-refractivity contribution is 7.47. The van der Waals surface area contributed by atoms with E-state index in [0.29, 0.717) is 12.8 Å². The maximum atomic E-state index is 12.9. The summed E-state index contributed by atoms with van der Waals surface area (Å²) in [6.07, 6.45) is 14.6. The number of phosphoric acid groups is 1. The maximum Gasteiger partial charge on any atom is 0.472 e. The van der Waals surface area contributed by atoms with Gasteiger partial charge in [0.25, 0.3) is 0 Å². The first-order valence-electron chi connectivity index (χ1n) is 20.7. The van der Waals surface area contributed by atoms with Crippen molar-refractivity contribution in [1.29, 1.82) is 0 Å². The lowest BCUT2D eigenvalue weighted by molar-refractivity contribution is -0.220. The average molecular weight is 782 g/mol. The van der Waals surface area contributed by atoms with Crippen LogP contribution in [-0.4, -0.2) is 108 Å². The van der Waals surface area contributed by atoms with Gasteiger partial charge in [-0.2, -0.15) is 0 Å². The van der Waals surface area contributed by atoms with Crippen LogP contribution in [0, 0.1) is 0 Å². The number of hydrogen-bond acceptors (Lipinski definition) is 11. The number of carbonyl (C=O) groups is 1. The lowest BCUT2D eigenvalue weighted by atomic mass is 9.85. The van der Waals surface area contributed by atoms with Crippen LogP contribution in [0.3, 0.4) is 0 Å². The molecular weight excluding hydrogens is 705 g/mol. The molecule has 0 radical (unpaired) electrons. The summed E-state index contributed by atoms with van der Waals surface area (Å²) in [7, 11) is -5.13. The van der Waals surface area contributed by atoms with E-state index in [9.17, 15) is 50.0 Å².